The van der Waals surface area contributed by atoms with Crippen molar-refractivity contribution in [2.24, 2.45) is 0 Å². The lowest BCUT2D eigenvalue weighted by Gasteiger charge is -2.19. The Labute approximate surface area is 126 Å². The quantitative estimate of drug-likeness (QED) is 0.812. The van der Waals surface area contributed by atoms with Gasteiger partial charge in [0, 0.05) is 16.5 Å². The summed E-state index contributed by atoms with van der Waals surface area (Å²) in [6.45, 7) is 0.326. The van der Waals surface area contributed by atoms with Crippen LogP contribution in [0.2, 0.25) is 0 Å². The highest BCUT2D eigenvalue weighted by molar-refractivity contribution is 7.10. The number of thiophene rings is 1. The second kappa shape index (κ2) is 6.30. The Morgan fingerprint density at radius 3 is 2.86 bits per heavy atom. The van der Waals surface area contributed by atoms with Gasteiger partial charge in [0.05, 0.1) is 17.8 Å². The highest BCUT2D eigenvalue weighted by Crippen LogP contribution is 2.35. The van der Waals surface area contributed by atoms with Gasteiger partial charge < -0.3 is 15.3 Å². The molecule has 1 saturated carbocycles. The molecule has 5 nitrogen and oxygen atoms in total. The lowest BCUT2D eigenvalue weighted by molar-refractivity contribution is 0.0951. The van der Waals surface area contributed by atoms with E-state index in [1.807, 2.05) is 11.4 Å². The summed E-state index contributed by atoms with van der Waals surface area (Å²) in [6.07, 6.45) is 7.99. The maximum atomic E-state index is 12.1. The number of H-pyrrole nitrogens is 2. The molecule has 1 aliphatic rings. The minimum absolute atomic E-state index is 0.0876. The lowest BCUT2D eigenvalue weighted by atomic mass is 9.88. The molecule has 0 atom stereocenters. The molecular weight excluding hydrogens is 286 g/mol. The number of carbonyl (C=O) groups is 1. The van der Waals surface area contributed by atoms with Gasteiger partial charge in [-0.15, -0.1) is 11.3 Å². The van der Waals surface area contributed by atoms with Crippen LogP contribution in [0.1, 0.15) is 59.0 Å². The first-order chi connectivity index (χ1) is 10.2. The molecule has 0 saturated heterocycles. The molecule has 0 spiro atoms. The zero-order valence-corrected chi connectivity index (χ0v) is 12.6. The van der Waals surface area contributed by atoms with Crippen molar-refractivity contribution in [2.75, 3.05) is 0 Å². The molecule has 2 aromatic rings. The highest BCUT2D eigenvalue weighted by atomic mass is 32.1. The van der Waals surface area contributed by atoms with Gasteiger partial charge >= 0.3 is 5.69 Å². The van der Waals surface area contributed by atoms with Crippen LogP contribution in [0.3, 0.4) is 0 Å². The molecule has 0 unspecified atom stereocenters. The van der Waals surface area contributed by atoms with Crippen LogP contribution in [0, 0.1) is 0 Å². The van der Waals surface area contributed by atoms with E-state index in [0.29, 0.717) is 18.2 Å². The topological polar surface area (TPSA) is 77.8 Å². The average molecular weight is 305 g/mol. The van der Waals surface area contributed by atoms with Gasteiger partial charge in [-0.05, 0) is 24.8 Å². The van der Waals surface area contributed by atoms with Crippen molar-refractivity contribution in [1.82, 2.24) is 15.3 Å². The molecule has 2 heterocycles. The van der Waals surface area contributed by atoms with Crippen molar-refractivity contribution < 1.29 is 4.79 Å². The van der Waals surface area contributed by atoms with Gasteiger partial charge in [-0.3, -0.25) is 4.79 Å². The molecule has 6 heteroatoms. The third-order valence-electron chi connectivity index (χ3n) is 3.98. The molecule has 0 aromatic carbocycles. The standard InChI is InChI=1S/C15H19N3O2S/c19-14(16-7-12-8-17-15(20)18-12)11-6-13(21-9-11)10-4-2-1-3-5-10/h6,8-10H,1-5,7H2,(H,16,19)(H2,17,18,20). The fourth-order valence-electron chi connectivity index (χ4n) is 2.82. The Bertz CT molecular complexity index is 664. The highest BCUT2D eigenvalue weighted by Gasteiger charge is 2.18. The van der Waals surface area contributed by atoms with Crippen molar-refractivity contribution in [3.63, 3.8) is 0 Å². The number of rotatable bonds is 4. The predicted molar refractivity (Wildman–Crippen MR) is 82.7 cm³/mol. The molecular formula is C15H19N3O2S. The number of aromatic amines is 2. The van der Waals surface area contributed by atoms with Gasteiger partial charge in [-0.1, -0.05) is 19.3 Å². The third-order valence-corrected chi connectivity index (χ3v) is 5.08. The minimum Gasteiger partial charge on any atom is -0.346 e. The molecule has 3 rings (SSSR count). The Morgan fingerprint density at radius 2 is 2.14 bits per heavy atom. The van der Waals surface area contributed by atoms with Gasteiger partial charge in [-0.25, -0.2) is 4.79 Å². The fraction of sp³-hybridized carbons (Fsp3) is 0.467. The molecule has 0 aliphatic heterocycles. The molecule has 1 amide bonds. The molecule has 21 heavy (non-hydrogen) atoms. The number of hydrogen-bond acceptors (Lipinski definition) is 3. The number of hydrogen-bond donors (Lipinski definition) is 3. The van der Waals surface area contributed by atoms with E-state index in [4.69, 9.17) is 0 Å². The second-order valence-electron chi connectivity index (χ2n) is 5.52. The molecule has 1 fully saturated rings. The van der Waals surface area contributed by atoms with E-state index < -0.39 is 0 Å². The first kappa shape index (κ1) is 14.1. The van der Waals surface area contributed by atoms with E-state index >= 15 is 0 Å². The van der Waals surface area contributed by atoms with Crippen molar-refractivity contribution >= 4 is 17.2 Å². The van der Waals surface area contributed by atoms with Gasteiger partial charge in [0.1, 0.15) is 0 Å². The molecule has 112 valence electrons. The lowest BCUT2D eigenvalue weighted by Crippen LogP contribution is -2.22. The van der Waals surface area contributed by atoms with Crippen LogP contribution in [-0.2, 0) is 6.54 Å². The van der Waals surface area contributed by atoms with Crippen LogP contribution in [0.5, 0.6) is 0 Å². The Morgan fingerprint density at radius 1 is 1.33 bits per heavy atom. The fourth-order valence-corrected chi connectivity index (χ4v) is 3.88. The van der Waals surface area contributed by atoms with Crippen LogP contribution in [0.15, 0.2) is 22.4 Å². The summed E-state index contributed by atoms with van der Waals surface area (Å²) in [7, 11) is 0. The zero-order valence-electron chi connectivity index (χ0n) is 11.8. The summed E-state index contributed by atoms with van der Waals surface area (Å²) < 4.78 is 0. The molecule has 2 aromatic heterocycles. The summed E-state index contributed by atoms with van der Waals surface area (Å²) in [5.74, 6) is 0.543. The number of imidazole rings is 1. The van der Waals surface area contributed by atoms with Crippen molar-refractivity contribution in [1.29, 1.82) is 0 Å². The van der Waals surface area contributed by atoms with E-state index in [9.17, 15) is 9.59 Å². The van der Waals surface area contributed by atoms with Gasteiger partial charge in [0.25, 0.3) is 5.91 Å². The Kier molecular flexibility index (Phi) is 4.24. The molecule has 3 N–H and O–H groups in total. The minimum atomic E-state index is -0.255. The first-order valence-corrected chi connectivity index (χ1v) is 8.23. The SMILES string of the molecule is O=C(NCc1c[nH]c(=O)[nH]1)c1csc(C2CCCCC2)c1. The second-order valence-corrected chi connectivity index (χ2v) is 6.47. The predicted octanol–water partition coefficient (Wildman–Crippen LogP) is 2.74. The first-order valence-electron chi connectivity index (χ1n) is 7.35. The van der Waals surface area contributed by atoms with Crippen LogP contribution in [0.25, 0.3) is 0 Å². The molecule has 0 radical (unpaired) electrons. The molecule has 1 aliphatic carbocycles. The maximum absolute atomic E-state index is 12.1. The van der Waals surface area contributed by atoms with E-state index in [-0.39, 0.29) is 11.6 Å². The van der Waals surface area contributed by atoms with Crippen LogP contribution >= 0.6 is 11.3 Å². The maximum Gasteiger partial charge on any atom is 0.323 e. The Hall–Kier alpha value is -1.82. The van der Waals surface area contributed by atoms with Gasteiger partial charge in [-0.2, -0.15) is 0 Å². The third kappa shape index (κ3) is 3.44. The number of amides is 1. The molecule has 0 bridgehead atoms. The van der Waals surface area contributed by atoms with Gasteiger partial charge in [0.2, 0.25) is 0 Å². The zero-order chi connectivity index (χ0) is 14.7. The summed E-state index contributed by atoms with van der Waals surface area (Å²) in [4.78, 5) is 29.5. The normalized spacial score (nSPS) is 16.0. The van der Waals surface area contributed by atoms with Crippen molar-refractivity contribution in [2.45, 2.75) is 44.6 Å². The number of nitrogens with one attached hydrogen (secondary N) is 3. The van der Waals surface area contributed by atoms with Gasteiger partial charge in [0.15, 0.2) is 0 Å². The number of carbonyl (C=O) groups excluding carboxylic acids is 1. The summed E-state index contributed by atoms with van der Waals surface area (Å²) in [6, 6.07) is 2.02. The Balaban J connectivity index is 1.59. The van der Waals surface area contributed by atoms with Crippen LogP contribution < -0.4 is 11.0 Å². The van der Waals surface area contributed by atoms with Crippen LogP contribution in [0.4, 0.5) is 0 Å². The van der Waals surface area contributed by atoms with Crippen molar-refractivity contribution in [3.05, 3.63) is 44.3 Å². The van der Waals surface area contributed by atoms with Crippen LogP contribution in [-0.4, -0.2) is 15.9 Å². The van der Waals surface area contributed by atoms with E-state index in [1.165, 1.54) is 37.0 Å². The average Bonchev–Trinajstić information content (AvgIpc) is 3.15. The smallest absolute Gasteiger partial charge is 0.323 e. The summed E-state index contributed by atoms with van der Waals surface area (Å²) in [5.41, 5.74) is 1.14. The van der Waals surface area contributed by atoms with E-state index in [0.717, 1.165) is 5.56 Å². The van der Waals surface area contributed by atoms with E-state index in [1.54, 1.807) is 17.5 Å². The summed E-state index contributed by atoms with van der Waals surface area (Å²) >= 11 is 1.69. The van der Waals surface area contributed by atoms with E-state index in [2.05, 4.69) is 15.3 Å². The summed E-state index contributed by atoms with van der Waals surface area (Å²) in [5, 5.41) is 4.75. The largest absolute Gasteiger partial charge is 0.346 e. The number of aromatic nitrogens is 2. The van der Waals surface area contributed by atoms with Crippen molar-refractivity contribution in [3.8, 4) is 0 Å². The monoisotopic (exact) mass is 305 g/mol.